The van der Waals surface area contributed by atoms with Gasteiger partial charge in [0, 0.05) is 22.5 Å². The van der Waals surface area contributed by atoms with Crippen molar-refractivity contribution in [3.05, 3.63) is 27.2 Å². The second-order valence-electron chi connectivity index (χ2n) is 4.47. The van der Waals surface area contributed by atoms with E-state index in [0.717, 1.165) is 5.56 Å². The molecule has 1 aliphatic heterocycles. The van der Waals surface area contributed by atoms with Gasteiger partial charge in [0.25, 0.3) is 0 Å². The standard InChI is InChI=1S/C11H12BrClN2O3S/c1-6-2-7(13)3-9(12)11(6)15-5-8(4-10(15)16)19(14,17)18/h2-3,8H,4-5H2,1H3,(H2,14,17,18). The Morgan fingerprint density at radius 2 is 2.11 bits per heavy atom. The van der Waals surface area contributed by atoms with E-state index in [2.05, 4.69) is 15.9 Å². The van der Waals surface area contributed by atoms with E-state index >= 15 is 0 Å². The lowest BCUT2D eigenvalue weighted by Gasteiger charge is -2.20. The van der Waals surface area contributed by atoms with Gasteiger partial charge in [0.15, 0.2) is 0 Å². The number of anilines is 1. The van der Waals surface area contributed by atoms with Gasteiger partial charge in [-0.05, 0) is 40.5 Å². The van der Waals surface area contributed by atoms with Gasteiger partial charge in [-0.3, -0.25) is 4.79 Å². The van der Waals surface area contributed by atoms with Gasteiger partial charge in [-0.25, -0.2) is 13.6 Å². The number of halogens is 2. The Morgan fingerprint density at radius 3 is 2.58 bits per heavy atom. The second kappa shape index (κ2) is 5.05. The molecule has 0 aromatic heterocycles. The van der Waals surface area contributed by atoms with Gasteiger partial charge in [0.2, 0.25) is 15.9 Å². The first-order valence-electron chi connectivity index (χ1n) is 5.48. The minimum absolute atomic E-state index is 0.0682. The number of hydrogen-bond donors (Lipinski definition) is 1. The first kappa shape index (κ1) is 14.8. The molecular weight excluding hydrogens is 356 g/mol. The molecule has 1 amide bonds. The Balaban J connectivity index is 2.42. The van der Waals surface area contributed by atoms with Crippen molar-refractivity contribution in [3.63, 3.8) is 0 Å². The molecule has 0 bridgehead atoms. The lowest BCUT2D eigenvalue weighted by Crippen LogP contribution is -2.32. The molecule has 5 nitrogen and oxygen atoms in total. The lowest BCUT2D eigenvalue weighted by molar-refractivity contribution is -0.117. The fourth-order valence-corrected chi connectivity index (χ4v) is 4.06. The van der Waals surface area contributed by atoms with E-state index in [9.17, 15) is 13.2 Å². The number of nitrogens with zero attached hydrogens (tertiary/aromatic N) is 1. The van der Waals surface area contributed by atoms with Crippen molar-refractivity contribution in [2.24, 2.45) is 5.14 Å². The zero-order chi connectivity index (χ0) is 14.4. The van der Waals surface area contributed by atoms with E-state index in [1.54, 1.807) is 12.1 Å². The van der Waals surface area contributed by atoms with E-state index in [4.69, 9.17) is 16.7 Å². The van der Waals surface area contributed by atoms with Crippen molar-refractivity contribution in [1.82, 2.24) is 0 Å². The van der Waals surface area contributed by atoms with Crippen molar-refractivity contribution in [3.8, 4) is 0 Å². The van der Waals surface area contributed by atoms with Crippen LogP contribution >= 0.6 is 27.5 Å². The molecule has 2 rings (SSSR count). The molecule has 1 aliphatic rings. The Labute approximate surface area is 124 Å². The molecule has 1 heterocycles. The highest BCUT2D eigenvalue weighted by Crippen LogP contribution is 2.36. The third-order valence-corrected chi connectivity index (χ3v) is 5.11. The van der Waals surface area contributed by atoms with E-state index in [1.165, 1.54) is 4.90 Å². The highest BCUT2D eigenvalue weighted by molar-refractivity contribution is 9.10. The summed E-state index contributed by atoms with van der Waals surface area (Å²) in [5, 5.41) is 4.79. The molecule has 19 heavy (non-hydrogen) atoms. The molecule has 1 aromatic rings. The normalized spacial score (nSPS) is 20.1. The summed E-state index contributed by atoms with van der Waals surface area (Å²) in [5.41, 5.74) is 1.43. The van der Waals surface area contributed by atoms with E-state index in [-0.39, 0.29) is 18.9 Å². The number of rotatable bonds is 2. The van der Waals surface area contributed by atoms with Gasteiger partial charge in [-0.1, -0.05) is 11.6 Å². The molecule has 0 spiro atoms. The number of carbonyl (C=O) groups excluding carboxylic acids is 1. The smallest absolute Gasteiger partial charge is 0.228 e. The van der Waals surface area contributed by atoms with E-state index in [1.807, 2.05) is 6.92 Å². The minimum Gasteiger partial charge on any atom is -0.310 e. The zero-order valence-electron chi connectivity index (χ0n) is 10.1. The lowest BCUT2D eigenvalue weighted by atomic mass is 10.2. The number of amides is 1. The highest BCUT2D eigenvalue weighted by Gasteiger charge is 2.38. The molecule has 0 aliphatic carbocycles. The van der Waals surface area contributed by atoms with E-state index in [0.29, 0.717) is 15.2 Å². The summed E-state index contributed by atoms with van der Waals surface area (Å²) in [4.78, 5) is 13.4. The molecule has 1 atom stereocenters. The molecule has 0 saturated carbocycles. The fraction of sp³-hybridized carbons (Fsp3) is 0.364. The predicted octanol–water partition coefficient (Wildman–Crippen LogP) is 1.80. The topological polar surface area (TPSA) is 80.5 Å². The summed E-state index contributed by atoms with van der Waals surface area (Å²) >= 11 is 9.26. The van der Waals surface area contributed by atoms with Gasteiger partial charge < -0.3 is 4.90 Å². The van der Waals surface area contributed by atoms with Crippen LogP contribution in [0, 0.1) is 6.92 Å². The summed E-state index contributed by atoms with van der Waals surface area (Å²) in [6, 6.07) is 3.39. The third kappa shape index (κ3) is 2.94. The van der Waals surface area contributed by atoms with Crippen LogP contribution < -0.4 is 10.0 Å². The summed E-state index contributed by atoms with van der Waals surface area (Å²) in [6.07, 6.45) is -0.0899. The number of nitrogens with two attached hydrogens (primary N) is 1. The second-order valence-corrected chi connectivity index (χ2v) is 7.61. The van der Waals surface area contributed by atoms with Crippen LogP contribution in [0.4, 0.5) is 5.69 Å². The molecule has 1 saturated heterocycles. The monoisotopic (exact) mass is 366 g/mol. The third-order valence-electron chi connectivity index (χ3n) is 3.04. The Hall–Kier alpha value is -0.630. The van der Waals surface area contributed by atoms with Gasteiger partial charge in [-0.2, -0.15) is 0 Å². The number of carbonyl (C=O) groups is 1. The highest BCUT2D eigenvalue weighted by atomic mass is 79.9. The maximum absolute atomic E-state index is 12.0. The predicted molar refractivity (Wildman–Crippen MR) is 77.8 cm³/mol. The summed E-state index contributed by atoms with van der Waals surface area (Å²) < 4.78 is 23.3. The average Bonchev–Trinajstić information content (AvgIpc) is 2.59. The molecule has 0 radical (unpaired) electrons. The van der Waals surface area contributed by atoms with Crippen LogP contribution in [0.3, 0.4) is 0 Å². The van der Waals surface area contributed by atoms with Gasteiger partial charge in [0.1, 0.15) is 5.25 Å². The number of primary sulfonamides is 1. The number of hydrogen-bond acceptors (Lipinski definition) is 3. The maximum atomic E-state index is 12.0. The molecule has 1 fully saturated rings. The van der Waals surface area contributed by atoms with Gasteiger partial charge in [0.05, 0.1) is 5.69 Å². The van der Waals surface area contributed by atoms with Crippen molar-refractivity contribution in [1.29, 1.82) is 0 Å². The first-order valence-corrected chi connectivity index (χ1v) is 8.26. The Kier molecular flexibility index (Phi) is 3.92. The van der Waals surface area contributed by atoms with E-state index < -0.39 is 15.3 Å². The van der Waals surface area contributed by atoms with Gasteiger partial charge in [-0.15, -0.1) is 0 Å². The first-order chi connectivity index (χ1) is 8.70. The molecule has 2 N–H and O–H groups in total. The van der Waals surface area contributed by atoms with Crippen molar-refractivity contribution >= 4 is 49.1 Å². The number of sulfonamides is 1. The van der Waals surface area contributed by atoms with Crippen LogP contribution in [0.1, 0.15) is 12.0 Å². The van der Waals surface area contributed by atoms with Crippen LogP contribution in [-0.4, -0.2) is 26.1 Å². The zero-order valence-corrected chi connectivity index (χ0v) is 13.2. The Bertz CT molecular complexity index is 624. The van der Waals surface area contributed by atoms with Crippen molar-refractivity contribution in [2.75, 3.05) is 11.4 Å². The molecule has 8 heteroatoms. The van der Waals surface area contributed by atoms with Crippen LogP contribution in [0.5, 0.6) is 0 Å². The largest absolute Gasteiger partial charge is 0.310 e. The van der Waals surface area contributed by atoms with Crippen LogP contribution in [0.25, 0.3) is 0 Å². The van der Waals surface area contributed by atoms with Crippen LogP contribution in [0.2, 0.25) is 5.02 Å². The molecule has 1 unspecified atom stereocenters. The quantitative estimate of drug-likeness (QED) is 0.865. The van der Waals surface area contributed by atoms with Gasteiger partial charge >= 0.3 is 0 Å². The minimum atomic E-state index is -3.71. The summed E-state index contributed by atoms with van der Waals surface area (Å²) in [5.74, 6) is -0.259. The maximum Gasteiger partial charge on any atom is 0.228 e. The molecular formula is C11H12BrClN2O3S. The summed E-state index contributed by atoms with van der Waals surface area (Å²) in [7, 11) is -3.71. The van der Waals surface area contributed by atoms with Crippen LogP contribution in [-0.2, 0) is 14.8 Å². The molecule has 1 aromatic carbocycles. The fourth-order valence-electron chi connectivity index (χ4n) is 2.15. The average molecular weight is 368 g/mol. The Morgan fingerprint density at radius 1 is 1.47 bits per heavy atom. The van der Waals surface area contributed by atoms with Crippen molar-refractivity contribution in [2.45, 2.75) is 18.6 Å². The SMILES string of the molecule is Cc1cc(Cl)cc(Br)c1N1CC(S(N)(=O)=O)CC1=O. The molecule has 104 valence electrons. The van der Waals surface area contributed by atoms with Crippen LogP contribution in [0.15, 0.2) is 16.6 Å². The number of benzene rings is 1. The van der Waals surface area contributed by atoms with Crippen molar-refractivity contribution < 1.29 is 13.2 Å². The summed E-state index contributed by atoms with van der Waals surface area (Å²) in [6.45, 7) is 1.88. The number of aryl methyl sites for hydroxylation is 1.